The summed E-state index contributed by atoms with van der Waals surface area (Å²) in [5.41, 5.74) is 0.805. The Morgan fingerprint density at radius 1 is 1.50 bits per heavy atom. The van der Waals surface area contributed by atoms with E-state index in [2.05, 4.69) is 22.1 Å². The van der Waals surface area contributed by atoms with Gasteiger partial charge in [-0.05, 0) is 32.0 Å². The standard InChI is InChI=1S/C14H19N3OS2/c1-4-17(3)8-7-15-13(18)12-10(2)16-14(20-12)11-6-5-9-19-11/h5-6,9H,4,7-8H2,1-3H3,(H,15,18). The molecular weight excluding hydrogens is 290 g/mol. The van der Waals surface area contributed by atoms with Gasteiger partial charge < -0.3 is 10.2 Å². The fraction of sp³-hybridized carbons (Fsp3) is 0.429. The van der Waals surface area contributed by atoms with E-state index in [1.165, 1.54) is 11.3 Å². The van der Waals surface area contributed by atoms with Crippen LogP contribution in [0.4, 0.5) is 0 Å². The van der Waals surface area contributed by atoms with Crippen molar-refractivity contribution in [3.8, 4) is 9.88 Å². The molecule has 4 nitrogen and oxygen atoms in total. The minimum absolute atomic E-state index is 0.0210. The lowest BCUT2D eigenvalue weighted by atomic mass is 10.3. The third kappa shape index (κ3) is 3.65. The van der Waals surface area contributed by atoms with Crippen molar-refractivity contribution in [1.29, 1.82) is 0 Å². The fourth-order valence-corrected chi connectivity index (χ4v) is 3.49. The van der Waals surface area contributed by atoms with Crippen LogP contribution in [0.15, 0.2) is 17.5 Å². The first-order valence-electron chi connectivity index (χ1n) is 6.60. The molecule has 1 amide bonds. The summed E-state index contributed by atoms with van der Waals surface area (Å²) in [4.78, 5) is 20.6. The number of aryl methyl sites for hydroxylation is 1. The van der Waals surface area contributed by atoms with Crippen molar-refractivity contribution < 1.29 is 4.79 Å². The summed E-state index contributed by atoms with van der Waals surface area (Å²) in [6, 6.07) is 4.03. The zero-order chi connectivity index (χ0) is 14.5. The van der Waals surface area contributed by atoms with E-state index in [1.54, 1.807) is 11.3 Å². The molecule has 0 fully saturated rings. The molecule has 2 aromatic rings. The average Bonchev–Trinajstić information content (AvgIpc) is 3.07. The van der Waals surface area contributed by atoms with Crippen LogP contribution in [-0.2, 0) is 0 Å². The van der Waals surface area contributed by atoms with Crippen LogP contribution in [0, 0.1) is 6.92 Å². The van der Waals surface area contributed by atoms with Crippen LogP contribution in [0.1, 0.15) is 22.3 Å². The SMILES string of the molecule is CCN(C)CCNC(=O)c1sc(-c2cccs2)nc1C. The van der Waals surface area contributed by atoms with Gasteiger partial charge in [-0.2, -0.15) is 0 Å². The van der Waals surface area contributed by atoms with Crippen molar-refractivity contribution in [2.45, 2.75) is 13.8 Å². The van der Waals surface area contributed by atoms with Gasteiger partial charge >= 0.3 is 0 Å². The van der Waals surface area contributed by atoms with E-state index in [0.29, 0.717) is 11.4 Å². The molecular formula is C14H19N3OS2. The molecule has 0 bridgehead atoms. The Morgan fingerprint density at radius 2 is 2.30 bits per heavy atom. The average molecular weight is 309 g/mol. The van der Waals surface area contributed by atoms with E-state index in [0.717, 1.165) is 28.7 Å². The highest BCUT2D eigenvalue weighted by Gasteiger charge is 2.16. The second kappa shape index (κ2) is 6.97. The first-order valence-corrected chi connectivity index (χ1v) is 8.29. The molecule has 0 saturated heterocycles. The van der Waals surface area contributed by atoms with Crippen LogP contribution in [0.3, 0.4) is 0 Å². The van der Waals surface area contributed by atoms with Crippen LogP contribution in [0.2, 0.25) is 0 Å². The van der Waals surface area contributed by atoms with E-state index < -0.39 is 0 Å². The van der Waals surface area contributed by atoms with Crippen LogP contribution in [0.5, 0.6) is 0 Å². The summed E-state index contributed by atoms with van der Waals surface area (Å²) in [7, 11) is 2.04. The predicted molar refractivity (Wildman–Crippen MR) is 85.7 cm³/mol. The number of nitrogens with zero attached hydrogens (tertiary/aromatic N) is 2. The monoisotopic (exact) mass is 309 g/mol. The molecule has 108 valence electrons. The second-order valence-corrected chi connectivity index (χ2v) is 6.51. The van der Waals surface area contributed by atoms with Crippen molar-refractivity contribution in [3.05, 3.63) is 28.1 Å². The zero-order valence-electron chi connectivity index (χ0n) is 12.0. The summed E-state index contributed by atoms with van der Waals surface area (Å²) in [6.07, 6.45) is 0. The number of nitrogens with one attached hydrogen (secondary N) is 1. The Kier molecular flexibility index (Phi) is 5.28. The van der Waals surface area contributed by atoms with Crippen molar-refractivity contribution in [1.82, 2.24) is 15.2 Å². The van der Waals surface area contributed by atoms with Gasteiger partial charge in [0, 0.05) is 13.1 Å². The summed E-state index contributed by atoms with van der Waals surface area (Å²) in [6.45, 7) is 6.49. The topological polar surface area (TPSA) is 45.2 Å². The minimum atomic E-state index is -0.0210. The minimum Gasteiger partial charge on any atom is -0.350 e. The highest BCUT2D eigenvalue weighted by Crippen LogP contribution is 2.30. The highest BCUT2D eigenvalue weighted by molar-refractivity contribution is 7.22. The number of aromatic nitrogens is 1. The third-order valence-electron chi connectivity index (χ3n) is 3.05. The Bertz CT molecular complexity index is 563. The second-order valence-electron chi connectivity index (χ2n) is 4.56. The van der Waals surface area contributed by atoms with Gasteiger partial charge in [0.15, 0.2) is 0 Å². The molecule has 0 spiro atoms. The van der Waals surface area contributed by atoms with Crippen molar-refractivity contribution in [2.75, 3.05) is 26.7 Å². The molecule has 0 atom stereocenters. The van der Waals surface area contributed by atoms with E-state index in [4.69, 9.17) is 0 Å². The van der Waals surface area contributed by atoms with Crippen LogP contribution in [-0.4, -0.2) is 42.5 Å². The molecule has 1 N–H and O–H groups in total. The molecule has 2 aromatic heterocycles. The molecule has 20 heavy (non-hydrogen) atoms. The summed E-state index contributed by atoms with van der Waals surface area (Å²) >= 11 is 3.11. The normalized spacial score (nSPS) is 11.0. The molecule has 0 radical (unpaired) electrons. The molecule has 0 saturated carbocycles. The molecule has 0 unspecified atom stereocenters. The quantitative estimate of drug-likeness (QED) is 0.892. The molecule has 0 aromatic carbocycles. The Labute approximate surface area is 127 Å². The van der Waals surface area contributed by atoms with Gasteiger partial charge in [0.25, 0.3) is 5.91 Å². The van der Waals surface area contributed by atoms with Gasteiger partial charge in [0.2, 0.25) is 0 Å². The maximum Gasteiger partial charge on any atom is 0.263 e. The van der Waals surface area contributed by atoms with Gasteiger partial charge in [-0.25, -0.2) is 4.98 Å². The van der Waals surface area contributed by atoms with E-state index in [1.807, 2.05) is 31.5 Å². The third-order valence-corrected chi connectivity index (χ3v) is 5.25. The van der Waals surface area contributed by atoms with Gasteiger partial charge in [-0.1, -0.05) is 13.0 Å². The molecule has 2 rings (SSSR count). The van der Waals surface area contributed by atoms with E-state index in [-0.39, 0.29) is 5.91 Å². The largest absolute Gasteiger partial charge is 0.350 e. The number of thiazole rings is 1. The van der Waals surface area contributed by atoms with Crippen LogP contribution >= 0.6 is 22.7 Å². The summed E-state index contributed by atoms with van der Waals surface area (Å²) < 4.78 is 0. The first-order chi connectivity index (χ1) is 9.61. The Morgan fingerprint density at radius 3 is 2.95 bits per heavy atom. The number of thiophene rings is 1. The number of hydrogen-bond acceptors (Lipinski definition) is 5. The molecule has 0 aliphatic heterocycles. The van der Waals surface area contributed by atoms with Gasteiger partial charge in [-0.15, -0.1) is 22.7 Å². The molecule has 0 aliphatic carbocycles. The van der Waals surface area contributed by atoms with Crippen LogP contribution < -0.4 is 5.32 Å². The molecule has 6 heteroatoms. The van der Waals surface area contributed by atoms with Crippen molar-refractivity contribution in [3.63, 3.8) is 0 Å². The molecule has 0 aliphatic rings. The zero-order valence-corrected chi connectivity index (χ0v) is 13.6. The number of carbonyl (C=O) groups excluding carboxylic acids is 1. The van der Waals surface area contributed by atoms with Gasteiger partial charge in [0.1, 0.15) is 9.88 Å². The maximum absolute atomic E-state index is 12.2. The number of hydrogen-bond donors (Lipinski definition) is 1. The van der Waals surface area contributed by atoms with E-state index >= 15 is 0 Å². The van der Waals surface area contributed by atoms with Gasteiger partial charge in [0.05, 0.1) is 10.6 Å². The van der Waals surface area contributed by atoms with Gasteiger partial charge in [-0.3, -0.25) is 4.79 Å². The maximum atomic E-state index is 12.2. The number of carbonyl (C=O) groups is 1. The predicted octanol–water partition coefficient (Wildman–Crippen LogP) is 2.86. The van der Waals surface area contributed by atoms with Crippen molar-refractivity contribution >= 4 is 28.6 Å². The van der Waals surface area contributed by atoms with Crippen LogP contribution in [0.25, 0.3) is 9.88 Å². The number of rotatable bonds is 6. The van der Waals surface area contributed by atoms with E-state index in [9.17, 15) is 4.79 Å². The Balaban J connectivity index is 2.00. The smallest absolute Gasteiger partial charge is 0.263 e. The lowest BCUT2D eigenvalue weighted by molar-refractivity contribution is 0.0953. The number of amides is 1. The summed E-state index contributed by atoms with van der Waals surface area (Å²) in [5.74, 6) is -0.0210. The lowest BCUT2D eigenvalue weighted by Crippen LogP contribution is -2.32. The summed E-state index contributed by atoms with van der Waals surface area (Å²) in [5, 5.41) is 5.90. The highest BCUT2D eigenvalue weighted by atomic mass is 32.1. The van der Waals surface area contributed by atoms with Crippen molar-refractivity contribution in [2.24, 2.45) is 0 Å². The first kappa shape index (κ1) is 15.2. The number of likely N-dealkylation sites (N-methyl/N-ethyl adjacent to an activating group) is 1. The fourth-order valence-electron chi connectivity index (χ4n) is 1.71. The lowest BCUT2D eigenvalue weighted by Gasteiger charge is -2.13. The Hall–Kier alpha value is -1.24. The molecule has 2 heterocycles.